The third-order valence-corrected chi connectivity index (χ3v) is 5.86. The number of fused-ring (bicyclic) bond motifs is 1. The molecular weight excluding hydrogens is 318 g/mol. The molecule has 1 N–H and O–H groups in total. The number of carbonyl (C=O) groups excluding carboxylic acids is 1. The van der Waals surface area contributed by atoms with Gasteiger partial charge in [0.1, 0.15) is 5.75 Å². The van der Waals surface area contributed by atoms with Gasteiger partial charge in [0, 0.05) is 32.4 Å². The molecule has 0 aromatic heterocycles. The first-order valence-electron chi connectivity index (χ1n) is 9.38. The number of hydrogen-bond acceptors (Lipinski definition) is 3. The van der Waals surface area contributed by atoms with E-state index < -0.39 is 11.6 Å². The van der Waals surface area contributed by atoms with Crippen molar-refractivity contribution in [1.29, 1.82) is 0 Å². The molecule has 0 unspecified atom stereocenters. The van der Waals surface area contributed by atoms with E-state index in [9.17, 15) is 14.7 Å². The Morgan fingerprint density at radius 3 is 2.56 bits per heavy atom. The minimum Gasteiger partial charge on any atom is -0.478 e. The molecule has 2 fully saturated rings. The lowest BCUT2D eigenvalue weighted by molar-refractivity contribution is -0.161. The van der Waals surface area contributed by atoms with Crippen LogP contribution in [0.25, 0.3) is 0 Å². The Morgan fingerprint density at radius 1 is 1.16 bits per heavy atom. The normalized spacial score (nSPS) is 21.7. The van der Waals surface area contributed by atoms with Gasteiger partial charge >= 0.3 is 5.97 Å². The first-order valence-corrected chi connectivity index (χ1v) is 9.38. The van der Waals surface area contributed by atoms with E-state index in [1.165, 1.54) is 11.1 Å². The van der Waals surface area contributed by atoms with Crippen molar-refractivity contribution in [3.63, 3.8) is 0 Å². The Balaban J connectivity index is 1.44. The average Bonchev–Trinajstić information content (AvgIpc) is 3.29. The van der Waals surface area contributed by atoms with Crippen LogP contribution in [-0.2, 0) is 22.4 Å². The van der Waals surface area contributed by atoms with E-state index in [2.05, 4.69) is 6.07 Å². The van der Waals surface area contributed by atoms with Gasteiger partial charge in [-0.25, -0.2) is 4.79 Å². The highest BCUT2D eigenvalue weighted by Gasteiger charge is 2.45. The number of amides is 1. The second-order valence-corrected chi connectivity index (χ2v) is 7.71. The fraction of sp³-hybridized carbons (Fsp3) is 0.600. The largest absolute Gasteiger partial charge is 0.478 e. The van der Waals surface area contributed by atoms with E-state index in [0.29, 0.717) is 44.0 Å². The summed E-state index contributed by atoms with van der Waals surface area (Å²) in [5.41, 5.74) is 1.40. The van der Waals surface area contributed by atoms with Crippen LogP contribution in [0.15, 0.2) is 18.2 Å². The van der Waals surface area contributed by atoms with Gasteiger partial charge in [-0.2, -0.15) is 0 Å². The number of ether oxygens (including phenoxy) is 1. The topological polar surface area (TPSA) is 66.8 Å². The molecule has 1 amide bonds. The highest BCUT2D eigenvalue weighted by Crippen LogP contribution is 2.35. The molecule has 0 bridgehead atoms. The zero-order valence-corrected chi connectivity index (χ0v) is 14.5. The SMILES string of the molecule is O=C(CC1CC1)N1CCC(Oc2ccc3c(c2)CCC3)(C(=O)O)CC1. The van der Waals surface area contributed by atoms with Crippen LogP contribution >= 0.6 is 0 Å². The van der Waals surface area contributed by atoms with Crippen LogP contribution < -0.4 is 4.74 Å². The van der Waals surface area contributed by atoms with Gasteiger partial charge in [-0.3, -0.25) is 4.79 Å². The summed E-state index contributed by atoms with van der Waals surface area (Å²) in [6.07, 6.45) is 6.90. The standard InChI is InChI=1S/C20H25NO4/c22-18(12-14-4-5-14)21-10-8-20(9-11-21,19(23)24)25-17-7-6-15-2-1-3-16(15)13-17/h6-7,13-14H,1-5,8-12H2,(H,23,24). The number of carbonyl (C=O) groups is 2. The molecule has 134 valence electrons. The number of likely N-dealkylation sites (tertiary alicyclic amines) is 1. The molecule has 2 aliphatic carbocycles. The molecule has 0 atom stereocenters. The molecule has 1 saturated carbocycles. The van der Waals surface area contributed by atoms with Crippen molar-refractivity contribution in [3.8, 4) is 5.75 Å². The smallest absolute Gasteiger partial charge is 0.348 e. The third-order valence-electron chi connectivity index (χ3n) is 5.86. The number of aryl methyl sites for hydroxylation is 2. The summed E-state index contributed by atoms with van der Waals surface area (Å²) < 4.78 is 6.01. The molecule has 1 aromatic rings. The maximum atomic E-state index is 12.3. The fourth-order valence-electron chi connectivity index (χ4n) is 4.01. The van der Waals surface area contributed by atoms with Gasteiger partial charge in [0.05, 0.1) is 0 Å². The van der Waals surface area contributed by atoms with Gasteiger partial charge < -0.3 is 14.7 Å². The van der Waals surface area contributed by atoms with Gasteiger partial charge in [-0.1, -0.05) is 6.07 Å². The number of benzene rings is 1. The molecule has 5 heteroatoms. The zero-order chi connectivity index (χ0) is 17.4. The zero-order valence-electron chi connectivity index (χ0n) is 14.5. The summed E-state index contributed by atoms with van der Waals surface area (Å²) in [4.78, 5) is 26.0. The van der Waals surface area contributed by atoms with Crippen LogP contribution in [0.3, 0.4) is 0 Å². The van der Waals surface area contributed by atoms with Crippen LogP contribution in [-0.4, -0.2) is 40.6 Å². The van der Waals surface area contributed by atoms with E-state index in [4.69, 9.17) is 4.74 Å². The molecule has 0 spiro atoms. The van der Waals surface area contributed by atoms with Crippen molar-refractivity contribution in [3.05, 3.63) is 29.3 Å². The predicted molar refractivity (Wildman–Crippen MR) is 92.6 cm³/mol. The highest BCUT2D eigenvalue weighted by atomic mass is 16.5. The molecule has 1 aliphatic heterocycles. The van der Waals surface area contributed by atoms with Gasteiger partial charge in [0.15, 0.2) is 0 Å². The average molecular weight is 343 g/mol. The molecule has 0 radical (unpaired) electrons. The maximum Gasteiger partial charge on any atom is 0.348 e. The number of carboxylic acid groups (broad SMARTS) is 1. The number of hydrogen-bond donors (Lipinski definition) is 1. The van der Waals surface area contributed by atoms with Crippen molar-refractivity contribution in [2.24, 2.45) is 5.92 Å². The maximum absolute atomic E-state index is 12.3. The van der Waals surface area contributed by atoms with Crippen molar-refractivity contribution < 1.29 is 19.4 Å². The minimum atomic E-state index is -1.22. The van der Waals surface area contributed by atoms with Crippen LogP contribution in [0.2, 0.25) is 0 Å². The number of carboxylic acids is 1. The molecule has 1 aromatic carbocycles. The Labute approximate surface area is 148 Å². The Hall–Kier alpha value is -2.04. The Kier molecular flexibility index (Phi) is 4.18. The molecular formula is C20H25NO4. The van der Waals surface area contributed by atoms with Gasteiger partial charge in [0.2, 0.25) is 11.5 Å². The molecule has 4 rings (SSSR count). The van der Waals surface area contributed by atoms with Crippen LogP contribution in [0.4, 0.5) is 0 Å². The van der Waals surface area contributed by atoms with Gasteiger partial charge in [0.25, 0.3) is 0 Å². The first-order chi connectivity index (χ1) is 12.1. The van der Waals surface area contributed by atoms with Crippen molar-refractivity contribution in [2.75, 3.05) is 13.1 Å². The van der Waals surface area contributed by atoms with Crippen molar-refractivity contribution in [2.45, 2.75) is 57.0 Å². The third kappa shape index (κ3) is 3.37. The quantitative estimate of drug-likeness (QED) is 0.893. The summed E-state index contributed by atoms with van der Waals surface area (Å²) >= 11 is 0. The summed E-state index contributed by atoms with van der Waals surface area (Å²) in [6, 6.07) is 5.94. The summed E-state index contributed by atoms with van der Waals surface area (Å²) in [7, 11) is 0. The number of nitrogens with zero attached hydrogens (tertiary/aromatic N) is 1. The van der Waals surface area contributed by atoms with Gasteiger partial charge in [-0.15, -0.1) is 0 Å². The van der Waals surface area contributed by atoms with E-state index in [0.717, 1.165) is 32.1 Å². The molecule has 1 saturated heterocycles. The second kappa shape index (κ2) is 6.36. The van der Waals surface area contributed by atoms with E-state index in [-0.39, 0.29) is 5.91 Å². The molecule has 1 heterocycles. The number of aliphatic carboxylic acids is 1. The Morgan fingerprint density at radius 2 is 1.88 bits per heavy atom. The Bertz CT molecular complexity index is 687. The highest BCUT2D eigenvalue weighted by molar-refractivity contribution is 5.80. The fourth-order valence-corrected chi connectivity index (χ4v) is 4.01. The molecule has 5 nitrogen and oxygen atoms in total. The van der Waals surface area contributed by atoms with Crippen molar-refractivity contribution in [1.82, 2.24) is 4.90 Å². The van der Waals surface area contributed by atoms with Crippen LogP contribution in [0.5, 0.6) is 5.75 Å². The molecule has 25 heavy (non-hydrogen) atoms. The van der Waals surface area contributed by atoms with E-state index in [1.54, 1.807) is 0 Å². The summed E-state index contributed by atoms with van der Waals surface area (Å²) in [6.45, 7) is 0.922. The van der Waals surface area contributed by atoms with Gasteiger partial charge in [-0.05, 0) is 61.3 Å². The van der Waals surface area contributed by atoms with Crippen LogP contribution in [0, 0.1) is 5.92 Å². The molecule has 3 aliphatic rings. The van der Waals surface area contributed by atoms with E-state index >= 15 is 0 Å². The number of piperidine rings is 1. The first kappa shape index (κ1) is 16.4. The monoisotopic (exact) mass is 343 g/mol. The summed E-state index contributed by atoms with van der Waals surface area (Å²) in [5.74, 6) is 0.434. The summed E-state index contributed by atoms with van der Waals surface area (Å²) in [5, 5.41) is 9.80. The second-order valence-electron chi connectivity index (χ2n) is 7.71. The minimum absolute atomic E-state index is 0.166. The lowest BCUT2D eigenvalue weighted by Crippen LogP contribution is -2.54. The number of rotatable bonds is 5. The lowest BCUT2D eigenvalue weighted by Gasteiger charge is -2.39. The van der Waals surface area contributed by atoms with E-state index in [1.807, 2.05) is 17.0 Å². The predicted octanol–water partition coefficient (Wildman–Crippen LogP) is 2.80. The van der Waals surface area contributed by atoms with Crippen LogP contribution in [0.1, 0.15) is 49.7 Å². The lowest BCUT2D eigenvalue weighted by atomic mass is 9.90. The van der Waals surface area contributed by atoms with Crippen molar-refractivity contribution >= 4 is 11.9 Å².